The number of hydrogen-bond acceptors (Lipinski definition) is 0. The van der Waals surface area contributed by atoms with Crippen LogP contribution in [-0.2, 0) is 19.5 Å². The van der Waals surface area contributed by atoms with E-state index in [4.69, 9.17) is 0 Å². The zero-order valence-corrected chi connectivity index (χ0v) is 19.0. The molecule has 27 heavy (non-hydrogen) atoms. The van der Waals surface area contributed by atoms with Gasteiger partial charge in [0.2, 0.25) is 0 Å². The topological polar surface area (TPSA) is 8.81 Å². The van der Waals surface area contributed by atoms with Gasteiger partial charge in [-0.25, -0.2) is 9.13 Å². The van der Waals surface area contributed by atoms with Crippen molar-refractivity contribution in [1.29, 1.82) is 0 Å². The van der Waals surface area contributed by atoms with Crippen molar-refractivity contribution in [3.05, 3.63) is 18.2 Å². The zero-order valence-electron chi connectivity index (χ0n) is 19.0. The van der Waals surface area contributed by atoms with Crippen molar-refractivity contribution in [2.24, 2.45) is 0 Å². The molecule has 0 unspecified atom stereocenters. The minimum absolute atomic E-state index is 1.20. The molecule has 158 valence electrons. The Hall–Kier alpha value is -0.790. The first-order valence-corrected chi connectivity index (χ1v) is 12.4. The molecule has 0 N–H and O–H groups in total. The van der Waals surface area contributed by atoms with Gasteiger partial charge in [-0.05, 0) is 19.3 Å². The first-order chi connectivity index (χ1) is 13.3. The Kier molecular flexibility index (Phi) is 15.6. The fraction of sp³-hybridized carbons (Fsp3) is 0.880. The molecule has 2 heteroatoms. The van der Waals surface area contributed by atoms with E-state index in [0.29, 0.717) is 0 Å². The third-order valence-corrected chi connectivity index (χ3v) is 5.85. The van der Waals surface area contributed by atoms with Gasteiger partial charge in [0.15, 0.2) is 0 Å². The van der Waals surface area contributed by atoms with Crippen LogP contribution in [-0.4, -0.2) is 4.57 Å². The van der Waals surface area contributed by atoms with Gasteiger partial charge in [-0.1, -0.05) is 104 Å². The summed E-state index contributed by atoms with van der Waals surface area (Å²) in [6.45, 7) is 9.28. The van der Waals surface area contributed by atoms with Crippen LogP contribution in [0.5, 0.6) is 0 Å². The highest BCUT2D eigenvalue weighted by Crippen LogP contribution is 2.13. The average molecular weight is 378 g/mol. The number of rotatable bonds is 19. The summed E-state index contributed by atoms with van der Waals surface area (Å²) in [7, 11) is 0. The van der Waals surface area contributed by atoms with Crippen molar-refractivity contribution in [1.82, 2.24) is 4.57 Å². The molecule has 0 spiro atoms. The van der Waals surface area contributed by atoms with Gasteiger partial charge in [-0.15, -0.1) is 0 Å². The molecular formula is C25H49N2+. The van der Waals surface area contributed by atoms with E-state index < -0.39 is 0 Å². The van der Waals surface area contributed by atoms with Crippen LogP contribution in [0.4, 0.5) is 0 Å². The van der Waals surface area contributed by atoms with Gasteiger partial charge in [0.25, 0.3) is 5.82 Å². The second-order valence-electron chi connectivity index (χ2n) is 8.45. The van der Waals surface area contributed by atoms with Crippen molar-refractivity contribution in [2.75, 3.05) is 0 Å². The third kappa shape index (κ3) is 11.6. The SMILES string of the molecule is CCCCCCCCCCCCCCc1n(CCCC)cc[n+]1CCCC. The highest BCUT2D eigenvalue weighted by molar-refractivity contribution is 4.84. The zero-order chi connectivity index (χ0) is 19.6. The largest absolute Gasteiger partial charge is 0.256 e. The van der Waals surface area contributed by atoms with Gasteiger partial charge >= 0.3 is 0 Å². The Morgan fingerprint density at radius 1 is 0.630 bits per heavy atom. The standard InChI is InChI=1S/C25H49N2/c1-4-7-10-11-12-13-14-15-16-17-18-19-20-25-26(21-8-5-2)23-24-27(25)22-9-6-3/h23-24H,4-22H2,1-3H3/q+1. The molecule has 0 aromatic carbocycles. The summed E-state index contributed by atoms with van der Waals surface area (Å²) in [5.41, 5.74) is 0. The quantitative estimate of drug-likeness (QED) is 0.173. The second kappa shape index (κ2) is 17.3. The smallest absolute Gasteiger partial charge is 0.234 e. The average Bonchev–Trinajstić information content (AvgIpc) is 3.07. The fourth-order valence-corrected chi connectivity index (χ4v) is 3.97. The summed E-state index contributed by atoms with van der Waals surface area (Å²) >= 11 is 0. The maximum atomic E-state index is 2.53. The van der Waals surface area contributed by atoms with E-state index in [1.54, 1.807) is 5.82 Å². The fourth-order valence-electron chi connectivity index (χ4n) is 3.97. The van der Waals surface area contributed by atoms with Gasteiger partial charge in [0, 0.05) is 6.42 Å². The van der Waals surface area contributed by atoms with Crippen LogP contribution in [0.15, 0.2) is 12.4 Å². The maximum Gasteiger partial charge on any atom is 0.256 e. The molecule has 1 aromatic heterocycles. The van der Waals surface area contributed by atoms with Gasteiger partial charge in [-0.2, -0.15) is 0 Å². The van der Waals surface area contributed by atoms with Gasteiger partial charge in [0.1, 0.15) is 12.4 Å². The Morgan fingerprint density at radius 2 is 1.15 bits per heavy atom. The van der Waals surface area contributed by atoms with Crippen molar-refractivity contribution < 1.29 is 4.57 Å². The molecule has 0 saturated heterocycles. The Balaban J connectivity index is 2.14. The highest BCUT2D eigenvalue weighted by atomic mass is 15.1. The number of imidazole rings is 1. The molecule has 0 aliphatic rings. The highest BCUT2D eigenvalue weighted by Gasteiger charge is 2.15. The number of aryl methyl sites for hydroxylation is 2. The van der Waals surface area contributed by atoms with E-state index >= 15 is 0 Å². The lowest BCUT2D eigenvalue weighted by molar-refractivity contribution is -0.704. The van der Waals surface area contributed by atoms with E-state index in [9.17, 15) is 0 Å². The number of unbranched alkanes of at least 4 members (excludes halogenated alkanes) is 13. The predicted octanol–water partition coefficient (Wildman–Crippen LogP) is 7.62. The molecule has 0 fully saturated rings. The second-order valence-corrected chi connectivity index (χ2v) is 8.45. The molecule has 1 heterocycles. The lowest BCUT2D eigenvalue weighted by Gasteiger charge is -2.06. The molecule has 1 rings (SSSR count). The van der Waals surface area contributed by atoms with Gasteiger partial charge in [0.05, 0.1) is 13.1 Å². The Labute approximate surface area is 170 Å². The summed E-state index contributed by atoms with van der Waals surface area (Å²) in [5, 5.41) is 0. The van der Waals surface area contributed by atoms with E-state index in [1.807, 2.05) is 0 Å². The lowest BCUT2D eigenvalue weighted by atomic mass is 10.0. The lowest BCUT2D eigenvalue weighted by Crippen LogP contribution is -2.37. The van der Waals surface area contributed by atoms with Crippen molar-refractivity contribution in [3.63, 3.8) is 0 Å². The van der Waals surface area contributed by atoms with Crippen LogP contribution in [0.3, 0.4) is 0 Å². The minimum Gasteiger partial charge on any atom is -0.234 e. The summed E-state index contributed by atoms with van der Waals surface area (Å²) in [4.78, 5) is 0. The molecule has 2 nitrogen and oxygen atoms in total. The summed E-state index contributed by atoms with van der Waals surface area (Å²) in [6, 6.07) is 0. The Morgan fingerprint density at radius 3 is 1.70 bits per heavy atom. The van der Waals surface area contributed by atoms with Crippen LogP contribution in [0, 0.1) is 0 Å². The summed E-state index contributed by atoms with van der Waals surface area (Å²) in [6.07, 6.45) is 28.3. The maximum absolute atomic E-state index is 2.53. The third-order valence-electron chi connectivity index (χ3n) is 5.85. The first kappa shape index (κ1) is 24.2. The molecule has 0 radical (unpaired) electrons. The number of hydrogen-bond donors (Lipinski definition) is 0. The van der Waals surface area contributed by atoms with Crippen molar-refractivity contribution in [2.45, 2.75) is 143 Å². The van der Waals surface area contributed by atoms with Crippen LogP contribution < -0.4 is 4.57 Å². The summed E-state index contributed by atoms with van der Waals surface area (Å²) in [5.74, 6) is 1.57. The molecule has 0 bridgehead atoms. The van der Waals surface area contributed by atoms with Gasteiger partial charge in [-0.3, -0.25) is 0 Å². The normalized spacial score (nSPS) is 11.4. The van der Waals surface area contributed by atoms with Crippen LogP contribution in [0.2, 0.25) is 0 Å². The Bertz CT molecular complexity index is 410. The van der Waals surface area contributed by atoms with E-state index in [0.717, 1.165) is 0 Å². The monoisotopic (exact) mass is 377 g/mol. The number of nitrogens with zero attached hydrogens (tertiary/aromatic N) is 2. The first-order valence-electron chi connectivity index (χ1n) is 12.4. The molecular weight excluding hydrogens is 328 g/mol. The van der Waals surface area contributed by atoms with Crippen LogP contribution in [0.25, 0.3) is 0 Å². The molecule has 0 saturated carbocycles. The molecule has 0 aliphatic heterocycles. The molecule has 1 aromatic rings. The molecule has 0 amide bonds. The van der Waals surface area contributed by atoms with E-state index in [-0.39, 0.29) is 0 Å². The predicted molar refractivity (Wildman–Crippen MR) is 119 cm³/mol. The molecule has 0 aliphatic carbocycles. The molecule has 0 atom stereocenters. The van der Waals surface area contributed by atoms with Crippen molar-refractivity contribution >= 4 is 0 Å². The van der Waals surface area contributed by atoms with Gasteiger partial charge < -0.3 is 0 Å². The minimum atomic E-state index is 1.20. The van der Waals surface area contributed by atoms with E-state index in [1.165, 1.54) is 122 Å². The van der Waals surface area contributed by atoms with Crippen LogP contribution in [0.1, 0.15) is 129 Å². The number of aromatic nitrogens is 2. The van der Waals surface area contributed by atoms with E-state index in [2.05, 4.69) is 42.3 Å². The van der Waals surface area contributed by atoms with Crippen LogP contribution >= 0.6 is 0 Å². The summed E-state index contributed by atoms with van der Waals surface area (Å²) < 4.78 is 5.05. The van der Waals surface area contributed by atoms with Crippen molar-refractivity contribution in [3.8, 4) is 0 Å².